The van der Waals surface area contributed by atoms with Crippen LogP contribution in [0.2, 0.25) is 0 Å². The van der Waals surface area contributed by atoms with E-state index in [-0.39, 0.29) is 5.91 Å². The third kappa shape index (κ3) is 4.41. The molecule has 0 spiro atoms. The molecule has 0 bridgehead atoms. The summed E-state index contributed by atoms with van der Waals surface area (Å²) in [4.78, 5) is 26.5. The molecular weight excluding hydrogens is 414 g/mol. The fourth-order valence-electron chi connectivity index (χ4n) is 3.33. The number of ether oxygens (including phenoxy) is 3. The van der Waals surface area contributed by atoms with Crippen molar-refractivity contribution in [2.45, 2.75) is 20.8 Å². The topological polar surface area (TPSA) is 73.9 Å². The number of carbonyl (C=O) groups is 2. The molecule has 0 aliphatic heterocycles. The van der Waals surface area contributed by atoms with E-state index in [1.54, 1.807) is 18.2 Å². The summed E-state index contributed by atoms with van der Waals surface area (Å²) < 4.78 is 15.5. The molecule has 3 rings (SSSR count). The summed E-state index contributed by atoms with van der Waals surface area (Å²) in [5.74, 6) is 0.110. The summed E-state index contributed by atoms with van der Waals surface area (Å²) in [6.07, 6.45) is 0. The maximum atomic E-state index is 12.9. The number of thiophene rings is 1. The van der Waals surface area contributed by atoms with Crippen LogP contribution >= 0.6 is 11.3 Å². The van der Waals surface area contributed by atoms with E-state index in [1.807, 2.05) is 39.0 Å². The van der Waals surface area contributed by atoms with Gasteiger partial charge in [0.1, 0.15) is 10.6 Å². The van der Waals surface area contributed by atoms with Crippen molar-refractivity contribution >= 4 is 28.2 Å². The van der Waals surface area contributed by atoms with Gasteiger partial charge in [0.05, 0.1) is 21.3 Å². The van der Waals surface area contributed by atoms with Gasteiger partial charge in [0.25, 0.3) is 5.91 Å². The van der Waals surface area contributed by atoms with E-state index in [1.165, 1.54) is 38.2 Å². The van der Waals surface area contributed by atoms with Crippen molar-refractivity contribution in [2.75, 3.05) is 26.6 Å². The number of nitrogens with one attached hydrogen (secondary N) is 1. The average molecular weight is 440 g/mol. The molecular formula is C24H25NO5S. The maximum Gasteiger partial charge on any atom is 0.341 e. The monoisotopic (exact) mass is 439 g/mol. The van der Waals surface area contributed by atoms with Crippen molar-refractivity contribution < 1.29 is 23.8 Å². The molecule has 2 aromatic carbocycles. The number of benzene rings is 2. The predicted octanol–water partition coefficient (Wildman–Crippen LogP) is 5.40. The van der Waals surface area contributed by atoms with E-state index in [2.05, 4.69) is 5.32 Å². The van der Waals surface area contributed by atoms with Crippen molar-refractivity contribution in [2.24, 2.45) is 0 Å². The molecule has 0 aliphatic carbocycles. The van der Waals surface area contributed by atoms with E-state index in [0.29, 0.717) is 27.6 Å². The number of hydrogen-bond acceptors (Lipinski definition) is 6. The Labute approximate surface area is 185 Å². The molecule has 7 heteroatoms. The minimum Gasteiger partial charge on any atom is -0.493 e. The maximum absolute atomic E-state index is 12.9. The normalized spacial score (nSPS) is 10.5. The molecule has 31 heavy (non-hydrogen) atoms. The number of amides is 1. The summed E-state index contributed by atoms with van der Waals surface area (Å²) in [7, 11) is 4.37. The highest BCUT2D eigenvalue weighted by Gasteiger charge is 2.26. The van der Waals surface area contributed by atoms with Gasteiger partial charge >= 0.3 is 5.97 Å². The van der Waals surface area contributed by atoms with Crippen molar-refractivity contribution in [3.8, 4) is 22.6 Å². The number of hydrogen-bond donors (Lipinski definition) is 1. The predicted molar refractivity (Wildman–Crippen MR) is 123 cm³/mol. The average Bonchev–Trinajstić information content (AvgIpc) is 3.09. The van der Waals surface area contributed by atoms with Crippen LogP contribution in [0, 0.1) is 20.8 Å². The number of anilines is 1. The lowest BCUT2D eigenvalue weighted by molar-refractivity contribution is 0.0603. The molecule has 3 aromatic rings. The number of methoxy groups -OCH3 is 3. The highest BCUT2D eigenvalue weighted by Crippen LogP contribution is 2.41. The Balaban J connectivity index is 2.04. The third-order valence-electron chi connectivity index (χ3n) is 5.14. The Kier molecular flexibility index (Phi) is 6.65. The van der Waals surface area contributed by atoms with E-state index in [9.17, 15) is 9.59 Å². The number of esters is 1. The number of aryl methyl sites for hydroxylation is 3. The first-order chi connectivity index (χ1) is 14.8. The van der Waals surface area contributed by atoms with Gasteiger partial charge in [0.15, 0.2) is 11.5 Å². The second-order valence-corrected chi connectivity index (χ2v) is 8.28. The van der Waals surface area contributed by atoms with E-state index >= 15 is 0 Å². The molecule has 1 aromatic heterocycles. The SMILES string of the molecule is COC(=O)c1c(NC(=O)c2ccc(OC)c(OC)c2)sc(C)c1-c1ccc(C)c(C)c1. The van der Waals surface area contributed by atoms with Gasteiger partial charge in [-0.25, -0.2) is 4.79 Å². The molecule has 0 radical (unpaired) electrons. The lowest BCUT2D eigenvalue weighted by atomic mass is 9.97. The van der Waals surface area contributed by atoms with Crippen molar-refractivity contribution in [3.05, 3.63) is 63.5 Å². The fourth-order valence-corrected chi connectivity index (χ4v) is 4.39. The first-order valence-corrected chi connectivity index (χ1v) is 10.4. The van der Waals surface area contributed by atoms with Crippen LogP contribution in [0.3, 0.4) is 0 Å². The Hall–Kier alpha value is -3.32. The molecule has 1 amide bonds. The Morgan fingerprint density at radius 3 is 2.19 bits per heavy atom. The second-order valence-electron chi connectivity index (χ2n) is 7.05. The largest absolute Gasteiger partial charge is 0.493 e. The van der Waals surface area contributed by atoms with Crippen LogP contribution in [0.1, 0.15) is 36.7 Å². The zero-order valence-electron chi connectivity index (χ0n) is 18.4. The van der Waals surface area contributed by atoms with Crippen LogP contribution in [0.25, 0.3) is 11.1 Å². The van der Waals surface area contributed by atoms with Crippen molar-refractivity contribution in [1.29, 1.82) is 0 Å². The van der Waals surface area contributed by atoms with Crippen LogP contribution in [-0.4, -0.2) is 33.2 Å². The first kappa shape index (κ1) is 22.4. The first-order valence-electron chi connectivity index (χ1n) is 9.63. The van der Waals surface area contributed by atoms with Gasteiger partial charge in [0, 0.05) is 16.0 Å². The Bertz CT molecular complexity index is 1150. The third-order valence-corrected chi connectivity index (χ3v) is 6.16. The van der Waals surface area contributed by atoms with Gasteiger partial charge < -0.3 is 19.5 Å². The summed E-state index contributed by atoms with van der Waals surface area (Å²) >= 11 is 1.34. The Morgan fingerprint density at radius 2 is 1.58 bits per heavy atom. The van der Waals surface area contributed by atoms with Crippen LogP contribution in [-0.2, 0) is 4.74 Å². The second kappa shape index (κ2) is 9.22. The van der Waals surface area contributed by atoms with Crippen LogP contribution in [0.4, 0.5) is 5.00 Å². The summed E-state index contributed by atoms with van der Waals surface area (Å²) in [6, 6.07) is 10.9. The number of rotatable bonds is 6. The molecule has 0 aliphatic rings. The zero-order valence-corrected chi connectivity index (χ0v) is 19.2. The molecule has 0 saturated carbocycles. The standard InChI is InChI=1S/C24H25NO5S/c1-13-7-8-16(11-14(13)2)20-15(3)31-23(21(20)24(27)30-6)25-22(26)17-9-10-18(28-4)19(12-17)29-5/h7-12H,1-6H3,(H,25,26). The van der Waals surface area contributed by atoms with Gasteiger partial charge in [0.2, 0.25) is 0 Å². The van der Waals surface area contributed by atoms with Gasteiger partial charge in [-0.05, 0) is 55.7 Å². The van der Waals surface area contributed by atoms with E-state index in [4.69, 9.17) is 14.2 Å². The molecule has 162 valence electrons. The van der Waals surface area contributed by atoms with Gasteiger partial charge in [-0.2, -0.15) is 0 Å². The molecule has 0 unspecified atom stereocenters. The number of carbonyl (C=O) groups excluding carboxylic acids is 2. The van der Waals surface area contributed by atoms with Gasteiger partial charge in [-0.3, -0.25) is 4.79 Å². The quantitative estimate of drug-likeness (QED) is 0.521. The Morgan fingerprint density at radius 1 is 0.871 bits per heavy atom. The van der Waals surface area contributed by atoms with Crippen LogP contribution < -0.4 is 14.8 Å². The zero-order chi connectivity index (χ0) is 22.7. The summed E-state index contributed by atoms with van der Waals surface area (Å²) in [6.45, 7) is 5.99. The van der Waals surface area contributed by atoms with Gasteiger partial charge in [-0.15, -0.1) is 11.3 Å². The van der Waals surface area contributed by atoms with E-state index in [0.717, 1.165) is 21.6 Å². The molecule has 0 saturated heterocycles. The van der Waals surface area contributed by atoms with Crippen molar-refractivity contribution in [3.63, 3.8) is 0 Å². The molecule has 1 N–H and O–H groups in total. The lowest BCUT2D eigenvalue weighted by Gasteiger charge is -2.11. The summed E-state index contributed by atoms with van der Waals surface area (Å²) in [5, 5.41) is 3.31. The molecule has 6 nitrogen and oxygen atoms in total. The minimum absolute atomic E-state index is 0.349. The molecule has 0 fully saturated rings. The molecule has 0 atom stereocenters. The van der Waals surface area contributed by atoms with Crippen molar-refractivity contribution in [1.82, 2.24) is 0 Å². The lowest BCUT2D eigenvalue weighted by Crippen LogP contribution is -2.14. The highest BCUT2D eigenvalue weighted by molar-refractivity contribution is 7.17. The van der Waals surface area contributed by atoms with Crippen LogP contribution in [0.15, 0.2) is 36.4 Å². The summed E-state index contributed by atoms with van der Waals surface area (Å²) in [5.41, 5.74) is 4.69. The smallest absolute Gasteiger partial charge is 0.341 e. The minimum atomic E-state index is -0.500. The highest BCUT2D eigenvalue weighted by atomic mass is 32.1. The van der Waals surface area contributed by atoms with Crippen LogP contribution in [0.5, 0.6) is 11.5 Å². The molecule has 1 heterocycles. The van der Waals surface area contributed by atoms with E-state index < -0.39 is 5.97 Å². The van der Waals surface area contributed by atoms with Gasteiger partial charge in [-0.1, -0.05) is 18.2 Å². The fraction of sp³-hybridized carbons (Fsp3) is 0.250.